The minimum Gasteiger partial charge on any atom is -0.0654 e. The summed E-state index contributed by atoms with van der Waals surface area (Å²) in [5.41, 5.74) is 12.3. The standard InChI is InChI=1S/5C18H30.3C17H28/c1-3-4-5-6-7-8-9-11-14-17(2)18-15-12-10-13-16-18;1-3-5-6-7-8-10-14-17(13-4-2)18-15-11-9-12-16-18;1-3-5-6-7-8-9-11-14-17(4-2)18-15-12-10-13-16-18;1-3-5-7-10-14-17(13-9-6-4-2)18-15-11-8-12-16-18;1-3-5-7-8-10-14-17(13-6-4-2)18-15-11-9-12-16-18;1-3-4-5-6-7-8-10-13-16(2)17-14-11-9-12-15-17;1-3-5-6-7-9-13-16(12-4-2)17-14-10-8-11-15-17;1-3-5-6-7-8-10-13-16(4-2)17-14-11-9-12-15-17/h10,12-13,15-17H,3-9,11,14H2,1-2H3;9,11-12,15-17H,3-8,10,13-14H2,1-2H3;10,12-13,15-17H,3-9,11,14H2,1-2H3;8,11-12,15-17H,3-7,9-10,13-14H2,1-2H3;9,11-12,15-17H,3-8,10,13-14H2,1-2H3;9,11-12,14-16H,3-8,10,13H2,1-2H3;8,10-11,14-16H,3-7,9,12-13H2,1-2H3;9,11-12,14-16H,3-8,10,13H2,1-2H3. The van der Waals surface area contributed by atoms with E-state index in [-0.39, 0.29) is 0 Å². The van der Waals surface area contributed by atoms with Crippen molar-refractivity contribution in [1.82, 2.24) is 0 Å². The molecule has 0 fully saturated rings. The number of benzene rings is 8. The highest BCUT2D eigenvalue weighted by molar-refractivity contribution is 5.25. The summed E-state index contributed by atoms with van der Waals surface area (Å²) in [4.78, 5) is 0. The van der Waals surface area contributed by atoms with E-state index in [1.54, 1.807) is 22.3 Å². The molecule has 0 amide bonds. The third kappa shape index (κ3) is 77.8. The normalized spacial score (nSPS) is 12.6. The number of hydrogen-bond donors (Lipinski definition) is 0. The van der Waals surface area contributed by atoms with Gasteiger partial charge in [0.05, 0.1) is 0 Å². The van der Waals surface area contributed by atoms with Gasteiger partial charge in [-0.2, -0.15) is 0 Å². The Labute approximate surface area is 882 Å². The molecule has 0 heterocycles. The maximum atomic E-state index is 2.36. The molecular weight excluding hydrogens is 1690 g/mol. The molecule has 0 aliphatic heterocycles. The van der Waals surface area contributed by atoms with Crippen molar-refractivity contribution in [1.29, 1.82) is 0 Å². The van der Waals surface area contributed by atoms with Crippen LogP contribution in [0.15, 0.2) is 243 Å². The lowest BCUT2D eigenvalue weighted by atomic mass is 9.88. The molecule has 0 nitrogen and oxygen atoms in total. The molecule has 0 bridgehead atoms. The van der Waals surface area contributed by atoms with Crippen LogP contribution in [0.4, 0.5) is 0 Å². The Morgan fingerprint density at radius 3 is 0.426 bits per heavy atom. The van der Waals surface area contributed by atoms with E-state index in [9.17, 15) is 0 Å². The zero-order valence-electron chi connectivity index (χ0n) is 96.5. The molecule has 0 saturated heterocycles. The molecule has 8 unspecified atom stereocenters. The van der Waals surface area contributed by atoms with E-state index in [2.05, 4.69) is 353 Å². The third-order valence-corrected chi connectivity index (χ3v) is 30.1. The minimum absolute atomic E-state index is 0.728. The molecule has 0 radical (unpaired) electrons. The van der Waals surface area contributed by atoms with Crippen molar-refractivity contribution in [3.63, 3.8) is 0 Å². The fourth-order valence-electron chi connectivity index (χ4n) is 20.6. The first-order valence-electron chi connectivity index (χ1n) is 61.9. The topological polar surface area (TPSA) is 0 Å². The molecule has 0 N–H and O–H groups in total. The molecule has 0 spiro atoms. The Morgan fingerprint density at radius 2 is 0.241 bits per heavy atom. The Hall–Kier alpha value is -6.24. The van der Waals surface area contributed by atoms with Crippen molar-refractivity contribution < 1.29 is 0 Å². The van der Waals surface area contributed by atoms with Crippen LogP contribution < -0.4 is 0 Å². The van der Waals surface area contributed by atoms with Crippen LogP contribution in [0.2, 0.25) is 0 Å². The van der Waals surface area contributed by atoms with Crippen LogP contribution in [0.3, 0.4) is 0 Å². The van der Waals surface area contributed by atoms with Crippen molar-refractivity contribution in [2.45, 2.75) is 601 Å². The van der Waals surface area contributed by atoms with E-state index >= 15 is 0 Å². The van der Waals surface area contributed by atoms with Gasteiger partial charge in [0.2, 0.25) is 0 Å². The van der Waals surface area contributed by atoms with Crippen LogP contribution in [-0.2, 0) is 0 Å². The quantitative estimate of drug-likeness (QED) is 0.0333. The van der Waals surface area contributed by atoms with Crippen molar-refractivity contribution in [2.24, 2.45) is 0 Å². The first-order valence-corrected chi connectivity index (χ1v) is 61.9. The van der Waals surface area contributed by atoms with E-state index in [1.807, 2.05) is 0 Å². The lowest BCUT2D eigenvalue weighted by molar-refractivity contribution is 0.501. The largest absolute Gasteiger partial charge is 0.0654 e. The molecule has 0 heteroatoms. The van der Waals surface area contributed by atoms with Crippen molar-refractivity contribution >= 4 is 0 Å². The van der Waals surface area contributed by atoms with Gasteiger partial charge < -0.3 is 0 Å². The van der Waals surface area contributed by atoms with E-state index in [0.717, 1.165) is 47.3 Å². The second kappa shape index (κ2) is 104. The van der Waals surface area contributed by atoms with Crippen LogP contribution in [0, 0.1) is 0 Å². The molecule has 0 aliphatic carbocycles. The zero-order valence-corrected chi connectivity index (χ0v) is 96.5. The second-order valence-corrected chi connectivity index (χ2v) is 42.8. The van der Waals surface area contributed by atoms with Gasteiger partial charge in [0.15, 0.2) is 0 Å². The fraction of sp³-hybridized carbons (Fsp3) is 0.660. The van der Waals surface area contributed by atoms with Gasteiger partial charge in [-0.15, -0.1) is 0 Å². The average molecular weight is 1930 g/mol. The summed E-state index contributed by atoms with van der Waals surface area (Å²) >= 11 is 0. The van der Waals surface area contributed by atoms with Crippen LogP contribution in [0.5, 0.6) is 0 Å². The van der Waals surface area contributed by atoms with Gasteiger partial charge in [-0.05, 0) is 182 Å². The number of unbranched alkanes of at least 4 members (excludes halogenated alkanes) is 43. The molecule has 0 aliphatic rings. The minimum atomic E-state index is 0.728. The lowest BCUT2D eigenvalue weighted by Crippen LogP contribution is -1.99. The summed E-state index contributed by atoms with van der Waals surface area (Å²) in [6.07, 6.45) is 95.9. The van der Waals surface area contributed by atoms with Gasteiger partial charge in [0.25, 0.3) is 0 Å². The van der Waals surface area contributed by atoms with Crippen LogP contribution in [-0.4, -0.2) is 0 Å². The van der Waals surface area contributed by atoms with Gasteiger partial charge >= 0.3 is 0 Å². The first kappa shape index (κ1) is 133. The highest BCUT2D eigenvalue weighted by Crippen LogP contribution is 2.35. The highest BCUT2D eigenvalue weighted by atomic mass is 14.2. The zero-order chi connectivity index (χ0) is 102. The average Bonchev–Trinajstić information content (AvgIpc) is 0.876. The molecular formula is C141H234. The van der Waals surface area contributed by atoms with Crippen molar-refractivity contribution in [3.05, 3.63) is 287 Å². The van der Waals surface area contributed by atoms with E-state index in [0.29, 0.717) is 0 Å². The molecule has 8 aromatic carbocycles. The number of rotatable bonds is 77. The Kier molecular flexibility index (Phi) is 97.7. The van der Waals surface area contributed by atoms with Gasteiger partial charge in [0.1, 0.15) is 0 Å². The molecule has 8 atom stereocenters. The second-order valence-electron chi connectivity index (χ2n) is 42.8. The summed E-state index contributed by atoms with van der Waals surface area (Å²) in [5, 5.41) is 0. The van der Waals surface area contributed by atoms with Crippen LogP contribution in [0.25, 0.3) is 0 Å². The Balaban J connectivity index is 0.000000806. The SMILES string of the molecule is CCCCCCC(CCCCC)c1ccccc1.CCCCCCCC(CCC)c1ccccc1.CCCCCCCC(CCCC)c1ccccc1.CCCCCCCCC(CC)c1ccccc1.CCCCCCCCC(CCC)c1ccccc1.CCCCCCCCCC(C)c1ccccc1.CCCCCCCCCC(CC)c1ccccc1.CCCCCCCCCCC(C)c1ccccc1. The molecule has 141 heavy (non-hydrogen) atoms. The summed E-state index contributed by atoms with van der Waals surface area (Å²) in [5.74, 6) is 6.20. The summed E-state index contributed by atoms with van der Waals surface area (Å²) in [6, 6.07) is 88.3. The lowest BCUT2D eigenvalue weighted by Gasteiger charge is -2.17. The Morgan fingerprint density at radius 1 is 0.113 bits per heavy atom. The number of hydrogen-bond acceptors (Lipinski definition) is 0. The van der Waals surface area contributed by atoms with Gasteiger partial charge in [-0.3, -0.25) is 0 Å². The van der Waals surface area contributed by atoms with E-state index in [1.165, 1.54) is 465 Å². The fourth-order valence-corrected chi connectivity index (χ4v) is 20.6. The maximum Gasteiger partial charge on any atom is -0.0162 e. The summed E-state index contributed by atoms with van der Waals surface area (Å²) < 4.78 is 0. The van der Waals surface area contributed by atoms with Crippen LogP contribution >= 0.6 is 0 Å². The monoisotopic (exact) mass is 1930 g/mol. The Bertz CT molecular complexity index is 3620. The summed E-state index contributed by atoms with van der Waals surface area (Å²) in [7, 11) is 0. The molecule has 8 aromatic rings. The molecule has 0 aromatic heterocycles. The first-order chi connectivity index (χ1) is 69.5. The van der Waals surface area contributed by atoms with Crippen LogP contribution in [0.1, 0.15) is 646 Å². The van der Waals surface area contributed by atoms with Crippen molar-refractivity contribution in [3.8, 4) is 0 Å². The van der Waals surface area contributed by atoms with Crippen molar-refractivity contribution in [2.75, 3.05) is 0 Å². The predicted octanol–water partition coefficient (Wildman–Crippen LogP) is 49.4. The van der Waals surface area contributed by atoms with Gasteiger partial charge in [-0.25, -0.2) is 0 Å². The highest BCUT2D eigenvalue weighted by Gasteiger charge is 2.17. The third-order valence-electron chi connectivity index (χ3n) is 30.1. The molecule has 0 saturated carbocycles. The molecule has 8 rings (SSSR count). The van der Waals surface area contributed by atoms with E-state index < -0.39 is 0 Å². The predicted molar refractivity (Wildman–Crippen MR) is 643 cm³/mol. The smallest absolute Gasteiger partial charge is 0.0162 e. The van der Waals surface area contributed by atoms with E-state index in [4.69, 9.17) is 0 Å². The summed E-state index contributed by atoms with van der Waals surface area (Å²) in [6.45, 7) is 36.8. The molecule has 798 valence electrons. The van der Waals surface area contributed by atoms with Gasteiger partial charge in [0, 0.05) is 0 Å². The van der Waals surface area contributed by atoms with Gasteiger partial charge in [-0.1, -0.05) is 707 Å². The maximum absolute atomic E-state index is 2.36.